The summed E-state index contributed by atoms with van der Waals surface area (Å²) in [5.74, 6) is 0.173. The minimum Gasteiger partial charge on any atom is -0.349 e. The van der Waals surface area contributed by atoms with Crippen LogP contribution >= 0.6 is 22.6 Å². The van der Waals surface area contributed by atoms with Gasteiger partial charge in [0.15, 0.2) is 0 Å². The third-order valence-electron chi connectivity index (χ3n) is 2.52. The fourth-order valence-corrected chi connectivity index (χ4v) is 2.49. The third-order valence-corrected chi connectivity index (χ3v) is 3.50. The highest BCUT2D eigenvalue weighted by atomic mass is 127. The van der Waals surface area contributed by atoms with Crippen LogP contribution in [0, 0.1) is 10.5 Å². The Hall–Kier alpha value is -0.580. The summed E-state index contributed by atoms with van der Waals surface area (Å²) in [4.78, 5) is 11.1. The molecule has 2 nitrogen and oxygen atoms in total. The molecule has 1 N–H and O–H groups in total. The highest BCUT2D eigenvalue weighted by Crippen LogP contribution is 2.28. The first-order valence-electron chi connectivity index (χ1n) is 4.72. The van der Waals surface area contributed by atoms with Crippen LogP contribution in [0.3, 0.4) is 0 Å². The van der Waals surface area contributed by atoms with Crippen LogP contribution in [0.5, 0.6) is 0 Å². The van der Waals surface area contributed by atoms with Gasteiger partial charge in [0.05, 0.1) is 6.04 Å². The van der Waals surface area contributed by atoms with Crippen molar-refractivity contribution < 1.29 is 4.79 Å². The van der Waals surface area contributed by atoms with Crippen molar-refractivity contribution in [1.29, 1.82) is 0 Å². The van der Waals surface area contributed by atoms with Gasteiger partial charge >= 0.3 is 0 Å². The van der Waals surface area contributed by atoms with Crippen LogP contribution in [0.15, 0.2) is 18.2 Å². The number of hydrogen-bond donors (Lipinski definition) is 1. The van der Waals surface area contributed by atoms with Crippen molar-refractivity contribution in [2.24, 2.45) is 0 Å². The highest BCUT2D eigenvalue weighted by Gasteiger charge is 2.23. The molecule has 3 heteroatoms. The van der Waals surface area contributed by atoms with Gasteiger partial charge in [-0.15, -0.1) is 0 Å². The van der Waals surface area contributed by atoms with Crippen molar-refractivity contribution in [2.75, 3.05) is 0 Å². The maximum atomic E-state index is 11.1. The van der Waals surface area contributed by atoms with Crippen molar-refractivity contribution in [1.82, 2.24) is 5.32 Å². The Morgan fingerprint density at radius 3 is 2.93 bits per heavy atom. The molecule has 1 amide bonds. The second-order valence-electron chi connectivity index (χ2n) is 3.68. The number of nitrogens with one attached hydrogen (secondary N) is 1. The van der Waals surface area contributed by atoms with E-state index in [9.17, 15) is 4.79 Å². The fourth-order valence-electron chi connectivity index (χ4n) is 1.78. The summed E-state index contributed by atoms with van der Waals surface area (Å²) >= 11 is 2.32. The Labute approximate surface area is 97.2 Å². The Morgan fingerprint density at radius 1 is 1.50 bits per heavy atom. The van der Waals surface area contributed by atoms with Gasteiger partial charge in [0.2, 0.25) is 5.91 Å². The van der Waals surface area contributed by atoms with E-state index in [1.54, 1.807) is 0 Å². The van der Waals surface area contributed by atoms with Gasteiger partial charge in [-0.25, -0.2) is 0 Å². The van der Waals surface area contributed by atoms with Crippen molar-refractivity contribution in [3.63, 3.8) is 0 Å². The Bertz CT molecular complexity index is 376. The van der Waals surface area contributed by atoms with E-state index in [0.29, 0.717) is 6.42 Å². The minimum atomic E-state index is 0.173. The summed E-state index contributed by atoms with van der Waals surface area (Å²) in [7, 11) is 0. The molecule has 2 rings (SSSR count). The van der Waals surface area contributed by atoms with Crippen molar-refractivity contribution >= 4 is 28.5 Å². The largest absolute Gasteiger partial charge is 0.349 e. The molecule has 0 aliphatic carbocycles. The van der Waals surface area contributed by atoms with E-state index >= 15 is 0 Å². The lowest BCUT2D eigenvalue weighted by Crippen LogP contribution is -2.19. The van der Waals surface area contributed by atoms with E-state index in [2.05, 4.69) is 53.0 Å². The van der Waals surface area contributed by atoms with Crippen LogP contribution in [-0.2, 0) is 4.79 Å². The van der Waals surface area contributed by atoms with E-state index in [-0.39, 0.29) is 11.9 Å². The van der Waals surface area contributed by atoms with E-state index in [4.69, 9.17) is 0 Å². The van der Waals surface area contributed by atoms with E-state index in [0.717, 1.165) is 6.42 Å². The van der Waals surface area contributed by atoms with Gasteiger partial charge in [0, 0.05) is 9.99 Å². The van der Waals surface area contributed by atoms with Gasteiger partial charge in [0.25, 0.3) is 0 Å². The quantitative estimate of drug-likeness (QED) is 0.794. The topological polar surface area (TPSA) is 29.1 Å². The normalized spacial score (nSPS) is 21.0. The van der Waals surface area contributed by atoms with Crippen LogP contribution in [-0.4, -0.2) is 5.91 Å². The molecule has 0 unspecified atom stereocenters. The predicted octanol–water partition coefficient (Wildman–Crippen LogP) is 2.55. The van der Waals surface area contributed by atoms with Gasteiger partial charge in [-0.2, -0.15) is 0 Å². The Morgan fingerprint density at radius 2 is 2.29 bits per heavy atom. The van der Waals surface area contributed by atoms with Crippen LogP contribution in [0.2, 0.25) is 0 Å². The highest BCUT2D eigenvalue weighted by molar-refractivity contribution is 14.1. The summed E-state index contributed by atoms with van der Waals surface area (Å²) in [6, 6.07) is 6.60. The smallest absolute Gasteiger partial charge is 0.220 e. The third kappa shape index (κ3) is 1.92. The van der Waals surface area contributed by atoms with Gasteiger partial charge in [-0.3, -0.25) is 4.79 Å². The molecule has 14 heavy (non-hydrogen) atoms. The van der Waals surface area contributed by atoms with E-state index in [1.807, 2.05) is 0 Å². The van der Waals surface area contributed by atoms with Crippen molar-refractivity contribution in [3.8, 4) is 0 Å². The molecule has 1 aromatic carbocycles. The van der Waals surface area contributed by atoms with Gasteiger partial charge in [-0.05, 0) is 47.6 Å². The van der Waals surface area contributed by atoms with Crippen LogP contribution in [0.25, 0.3) is 0 Å². The van der Waals surface area contributed by atoms with Gasteiger partial charge in [-0.1, -0.05) is 17.7 Å². The molecule has 1 saturated heterocycles. The molecule has 0 spiro atoms. The number of carbonyl (C=O) groups is 1. The molecule has 0 aromatic heterocycles. The molecule has 1 aliphatic heterocycles. The average molecular weight is 301 g/mol. The van der Waals surface area contributed by atoms with Gasteiger partial charge in [0.1, 0.15) is 0 Å². The van der Waals surface area contributed by atoms with Crippen LogP contribution < -0.4 is 5.32 Å². The molecule has 0 saturated carbocycles. The predicted molar refractivity (Wildman–Crippen MR) is 64.0 cm³/mol. The monoisotopic (exact) mass is 301 g/mol. The number of rotatable bonds is 1. The van der Waals surface area contributed by atoms with E-state index < -0.39 is 0 Å². The number of carbonyl (C=O) groups excluding carboxylic acids is 1. The zero-order valence-electron chi connectivity index (χ0n) is 8.01. The summed E-state index contributed by atoms with van der Waals surface area (Å²) in [5, 5.41) is 2.99. The number of benzene rings is 1. The Kier molecular flexibility index (Phi) is 2.76. The molecule has 1 atom stereocenters. The maximum Gasteiger partial charge on any atom is 0.220 e. The lowest BCUT2D eigenvalue weighted by atomic mass is 10.0. The van der Waals surface area contributed by atoms with Gasteiger partial charge < -0.3 is 5.32 Å². The molecule has 1 heterocycles. The second kappa shape index (κ2) is 3.88. The summed E-state index contributed by atoms with van der Waals surface area (Å²) in [5.41, 5.74) is 2.51. The minimum absolute atomic E-state index is 0.173. The molecular formula is C11H12INO. The molecule has 1 aromatic rings. The zero-order valence-corrected chi connectivity index (χ0v) is 10.2. The molecule has 1 aliphatic rings. The first kappa shape index (κ1) is 9.96. The Balaban J connectivity index is 2.31. The number of aryl methyl sites for hydroxylation is 1. The summed E-state index contributed by atoms with van der Waals surface area (Å²) in [6.07, 6.45) is 1.59. The molecular weight excluding hydrogens is 289 g/mol. The molecule has 0 bridgehead atoms. The fraction of sp³-hybridized carbons (Fsp3) is 0.364. The average Bonchev–Trinajstić information content (AvgIpc) is 2.56. The lowest BCUT2D eigenvalue weighted by Gasteiger charge is -2.13. The SMILES string of the molecule is Cc1ccc(I)c([C@H]2CCC(=O)N2)c1. The lowest BCUT2D eigenvalue weighted by molar-refractivity contribution is -0.119. The standard InChI is InChI=1S/C11H12INO/c1-7-2-3-9(12)8(6-7)10-4-5-11(14)13-10/h2-3,6,10H,4-5H2,1H3,(H,13,14)/t10-/m1/s1. The first-order chi connectivity index (χ1) is 6.66. The second-order valence-corrected chi connectivity index (χ2v) is 4.85. The molecule has 0 radical (unpaired) electrons. The summed E-state index contributed by atoms with van der Waals surface area (Å²) < 4.78 is 1.24. The van der Waals surface area contributed by atoms with Crippen LogP contribution in [0.1, 0.15) is 30.0 Å². The molecule has 1 fully saturated rings. The van der Waals surface area contributed by atoms with E-state index in [1.165, 1.54) is 14.7 Å². The number of halogens is 1. The summed E-state index contributed by atoms with van der Waals surface area (Å²) in [6.45, 7) is 2.08. The first-order valence-corrected chi connectivity index (χ1v) is 5.80. The number of amides is 1. The number of hydrogen-bond acceptors (Lipinski definition) is 1. The molecule has 74 valence electrons. The zero-order chi connectivity index (χ0) is 10.1. The maximum absolute atomic E-state index is 11.1. The van der Waals surface area contributed by atoms with Crippen LogP contribution in [0.4, 0.5) is 0 Å². The van der Waals surface area contributed by atoms with Crippen molar-refractivity contribution in [3.05, 3.63) is 32.9 Å². The van der Waals surface area contributed by atoms with Crippen molar-refractivity contribution in [2.45, 2.75) is 25.8 Å².